The molecule has 0 aromatic rings. The third kappa shape index (κ3) is 8.02. The second-order valence-corrected chi connectivity index (χ2v) is 6.19. The molecule has 2 rings (SSSR count). The number of carboxylic acids is 1. The number of nitrogens with one attached hydrogen (secondary N) is 1. The third-order valence-corrected chi connectivity index (χ3v) is 4.28. The second kappa shape index (κ2) is 11.0. The molecule has 0 bridgehead atoms. The first kappa shape index (κ1) is 23.0. The molecule has 2 amide bonds. The fourth-order valence-electron chi connectivity index (χ4n) is 2.85. The van der Waals surface area contributed by atoms with Gasteiger partial charge in [-0.1, -0.05) is 0 Å². The highest BCUT2D eigenvalue weighted by atomic mass is 19.4. The van der Waals surface area contributed by atoms with E-state index in [1.165, 1.54) is 0 Å². The van der Waals surface area contributed by atoms with E-state index < -0.39 is 12.1 Å². The number of alkyl halides is 3. The lowest BCUT2D eigenvalue weighted by Crippen LogP contribution is -2.52. The first-order valence-corrected chi connectivity index (χ1v) is 8.88. The maximum atomic E-state index is 12.5. The van der Waals surface area contributed by atoms with Crippen LogP contribution in [0.1, 0.15) is 26.2 Å². The van der Waals surface area contributed by atoms with Crippen LogP contribution in [0.2, 0.25) is 0 Å². The van der Waals surface area contributed by atoms with E-state index in [1.807, 2.05) is 4.90 Å². The van der Waals surface area contributed by atoms with Gasteiger partial charge in [0.1, 0.15) is 0 Å². The van der Waals surface area contributed by atoms with Gasteiger partial charge in [-0.3, -0.25) is 4.79 Å². The number of ether oxygens (including phenoxy) is 1. The lowest BCUT2D eigenvalue weighted by Gasteiger charge is -2.35. The largest absolute Gasteiger partial charge is 0.490 e. The fraction of sp³-hybridized carbons (Fsp3) is 0.812. The van der Waals surface area contributed by atoms with E-state index in [4.69, 9.17) is 14.6 Å². The van der Waals surface area contributed by atoms with E-state index in [0.29, 0.717) is 32.8 Å². The zero-order chi connectivity index (χ0) is 20.4. The maximum Gasteiger partial charge on any atom is 0.490 e. The van der Waals surface area contributed by atoms with Crippen molar-refractivity contribution in [3.8, 4) is 0 Å². The van der Waals surface area contributed by atoms with Gasteiger partial charge in [-0.25, -0.2) is 9.59 Å². The van der Waals surface area contributed by atoms with Gasteiger partial charge in [0.15, 0.2) is 0 Å². The number of hydrogen-bond acceptors (Lipinski definition) is 5. The smallest absolute Gasteiger partial charge is 0.475 e. The summed E-state index contributed by atoms with van der Waals surface area (Å²) in [6, 6.07) is 0. The Balaban J connectivity index is 0.000000445. The molecule has 0 aromatic heterocycles. The summed E-state index contributed by atoms with van der Waals surface area (Å²) in [7, 11) is 0. The highest BCUT2D eigenvalue weighted by molar-refractivity contribution is 5.79. The molecule has 1 atom stereocenters. The van der Waals surface area contributed by atoms with Crippen molar-refractivity contribution in [2.45, 2.75) is 32.4 Å². The zero-order valence-corrected chi connectivity index (χ0v) is 15.3. The summed E-state index contributed by atoms with van der Waals surface area (Å²) >= 11 is 0. The molecule has 2 aliphatic heterocycles. The molecule has 2 saturated heterocycles. The van der Waals surface area contributed by atoms with Crippen LogP contribution >= 0.6 is 0 Å². The maximum absolute atomic E-state index is 12.5. The minimum absolute atomic E-state index is 0.152. The molecule has 2 heterocycles. The molecule has 0 aliphatic carbocycles. The van der Waals surface area contributed by atoms with Gasteiger partial charge in [-0.05, 0) is 39.3 Å². The van der Waals surface area contributed by atoms with Crippen LogP contribution in [0, 0.1) is 5.92 Å². The molecular formula is C16H26F3N3O5. The van der Waals surface area contributed by atoms with Crippen LogP contribution in [-0.4, -0.2) is 84.9 Å². The van der Waals surface area contributed by atoms with Gasteiger partial charge in [0.25, 0.3) is 0 Å². The Labute approximate surface area is 155 Å². The number of nitrogens with zero attached hydrogens (tertiary/aromatic N) is 2. The number of carbonyl (C=O) groups excluding carboxylic acids is 2. The fourth-order valence-corrected chi connectivity index (χ4v) is 2.85. The number of halogens is 3. The Kier molecular flexibility index (Phi) is 9.33. The summed E-state index contributed by atoms with van der Waals surface area (Å²) in [4.78, 5) is 36.6. The van der Waals surface area contributed by atoms with E-state index in [1.54, 1.807) is 11.8 Å². The summed E-state index contributed by atoms with van der Waals surface area (Å²) < 4.78 is 36.7. The molecular weight excluding hydrogens is 371 g/mol. The second-order valence-electron chi connectivity index (χ2n) is 6.19. The normalized spacial score (nSPS) is 20.8. The van der Waals surface area contributed by atoms with E-state index in [2.05, 4.69) is 5.32 Å². The van der Waals surface area contributed by atoms with Crippen molar-refractivity contribution < 1.29 is 37.4 Å². The van der Waals surface area contributed by atoms with E-state index in [0.717, 1.165) is 32.4 Å². The zero-order valence-electron chi connectivity index (χ0n) is 15.3. The highest BCUT2D eigenvalue weighted by Crippen LogP contribution is 2.18. The number of aliphatic carboxylic acids is 1. The van der Waals surface area contributed by atoms with Crippen LogP contribution in [0.15, 0.2) is 0 Å². The average Bonchev–Trinajstić information content (AvgIpc) is 2.90. The number of carboxylic acid groups (broad SMARTS) is 1. The van der Waals surface area contributed by atoms with Gasteiger partial charge < -0.3 is 25.0 Å². The van der Waals surface area contributed by atoms with Crippen LogP contribution in [0.3, 0.4) is 0 Å². The number of piperazine rings is 1. The Morgan fingerprint density at radius 1 is 1.07 bits per heavy atom. The molecule has 1 unspecified atom stereocenters. The summed E-state index contributed by atoms with van der Waals surface area (Å²) in [6.45, 7) is 6.55. The molecule has 27 heavy (non-hydrogen) atoms. The average molecular weight is 397 g/mol. The van der Waals surface area contributed by atoms with Gasteiger partial charge >= 0.3 is 18.2 Å². The number of hydrogen-bond donors (Lipinski definition) is 2. The van der Waals surface area contributed by atoms with E-state index >= 15 is 0 Å². The van der Waals surface area contributed by atoms with Gasteiger partial charge in [-0.15, -0.1) is 0 Å². The first-order valence-electron chi connectivity index (χ1n) is 8.88. The molecule has 2 N–H and O–H groups in total. The van der Waals surface area contributed by atoms with E-state index in [9.17, 15) is 22.8 Å². The molecule has 8 nitrogen and oxygen atoms in total. The SMILES string of the molecule is CCOC(=O)N1CCN(C(=O)C2CCCNCC2)CC1.O=C(O)C(F)(F)F. The molecule has 2 fully saturated rings. The van der Waals surface area contributed by atoms with Crippen molar-refractivity contribution in [2.24, 2.45) is 5.92 Å². The predicted octanol–water partition coefficient (Wildman–Crippen LogP) is 1.31. The Hall–Kier alpha value is -2.04. The predicted molar refractivity (Wildman–Crippen MR) is 89.1 cm³/mol. The van der Waals surface area contributed by atoms with Crippen LogP contribution < -0.4 is 5.32 Å². The first-order chi connectivity index (χ1) is 12.7. The Bertz CT molecular complexity index is 500. The summed E-state index contributed by atoms with van der Waals surface area (Å²) in [5.41, 5.74) is 0. The van der Waals surface area contributed by atoms with Gasteiger partial charge in [0, 0.05) is 32.1 Å². The highest BCUT2D eigenvalue weighted by Gasteiger charge is 2.38. The van der Waals surface area contributed by atoms with Crippen molar-refractivity contribution in [1.82, 2.24) is 15.1 Å². The minimum Gasteiger partial charge on any atom is -0.475 e. The van der Waals surface area contributed by atoms with Gasteiger partial charge in [0.2, 0.25) is 5.91 Å². The number of carbonyl (C=O) groups is 3. The van der Waals surface area contributed by atoms with Crippen molar-refractivity contribution in [2.75, 3.05) is 45.9 Å². The molecule has 2 aliphatic rings. The molecule has 156 valence electrons. The monoisotopic (exact) mass is 397 g/mol. The summed E-state index contributed by atoms with van der Waals surface area (Å²) in [5.74, 6) is -2.34. The van der Waals surface area contributed by atoms with Crippen molar-refractivity contribution in [3.63, 3.8) is 0 Å². The summed E-state index contributed by atoms with van der Waals surface area (Å²) in [5, 5.41) is 10.5. The standard InChI is InChI=1S/C14H25N3O3.C2HF3O2/c1-2-20-14(19)17-10-8-16(9-11-17)13(18)12-4-3-6-15-7-5-12;3-2(4,5)1(6)7/h12,15H,2-11H2,1H3;(H,6,7). The van der Waals surface area contributed by atoms with Crippen LogP contribution in [0.5, 0.6) is 0 Å². The molecule has 11 heteroatoms. The number of amides is 2. The molecule has 0 saturated carbocycles. The van der Waals surface area contributed by atoms with Gasteiger partial charge in [-0.2, -0.15) is 13.2 Å². The molecule has 0 radical (unpaired) electrons. The minimum atomic E-state index is -5.08. The molecule has 0 spiro atoms. The van der Waals surface area contributed by atoms with Crippen molar-refractivity contribution in [3.05, 3.63) is 0 Å². The van der Waals surface area contributed by atoms with Crippen LogP contribution in [0.4, 0.5) is 18.0 Å². The van der Waals surface area contributed by atoms with Crippen LogP contribution in [0.25, 0.3) is 0 Å². The Morgan fingerprint density at radius 3 is 2.15 bits per heavy atom. The third-order valence-electron chi connectivity index (χ3n) is 4.28. The molecule has 0 aromatic carbocycles. The quantitative estimate of drug-likeness (QED) is 0.729. The summed E-state index contributed by atoms with van der Waals surface area (Å²) in [6.07, 6.45) is -2.38. The van der Waals surface area contributed by atoms with Gasteiger partial charge in [0.05, 0.1) is 6.61 Å². The lowest BCUT2D eigenvalue weighted by molar-refractivity contribution is -0.192. The van der Waals surface area contributed by atoms with Crippen molar-refractivity contribution >= 4 is 18.0 Å². The van der Waals surface area contributed by atoms with Crippen molar-refractivity contribution in [1.29, 1.82) is 0 Å². The number of rotatable bonds is 2. The van der Waals surface area contributed by atoms with E-state index in [-0.39, 0.29) is 17.9 Å². The topological polar surface area (TPSA) is 99.2 Å². The lowest BCUT2D eigenvalue weighted by atomic mass is 9.98. The van der Waals surface area contributed by atoms with Crippen LogP contribution in [-0.2, 0) is 14.3 Å². The Morgan fingerprint density at radius 2 is 1.63 bits per heavy atom.